The highest BCUT2D eigenvalue weighted by Crippen LogP contribution is 2.30. The maximum absolute atomic E-state index is 12.2. The molecule has 0 spiro atoms. The Labute approximate surface area is 118 Å². The molecule has 1 atom stereocenters. The summed E-state index contributed by atoms with van der Waals surface area (Å²) in [5.74, 6) is 0.973. The maximum atomic E-state index is 12.2. The normalized spacial score (nSPS) is 17.6. The fraction of sp³-hybridized carbons (Fsp3) is 0.375. The molecule has 0 aliphatic heterocycles. The fourth-order valence-corrected chi connectivity index (χ4v) is 2.64. The van der Waals surface area contributed by atoms with Crippen LogP contribution in [0.15, 0.2) is 28.8 Å². The molecule has 4 nitrogen and oxygen atoms in total. The second-order valence-electron chi connectivity index (χ2n) is 5.61. The summed E-state index contributed by atoms with van der Waals surface area (Å²) >= 11 is 0. The summed E-state index contributed by atoms with van der Waals surface area (Å²) in [5.41, 5.74) is 3.75. The average Bonchev–Trinajstić information content (AvgIpc) is 2.81. The zero-order chi connectivity index (χ0) is 14.1. The van der Waals surface area contributed by atoms with Crippen LogP contribution >= 0.6 is 0 Å². The van der Waals surface area contributed by atoms with Crippen molar-refractivity contribution in [2.24, 2.45) is 5.92 Å². The predicted molar refractivity (Wildman–Crippen MR) is 76.8 cm³/mol. The van der Waals surface area contributed by atoms with Gasteiger partial charge in [-0.25, -0.2) is 0 Å². The molecule has 1 heterocycles. The van der Waals surface area contributed by atoms with E-state index >= 15 is 0 Å². The topological polar surface area (TPSA) is 55.1 Å². The molecule has 1 aromatic heterocycles. The molecule has 1 amide bonds. The van der Waals surface area contributed by atoms with Crippen LogP contribution < -0.4 is 5.32 Å². The lowest BCUT2D eigenvalue weighted by Gasteiger charge is -2.16. The van der Waals surface area contributed by atoms with E-state index in [1.807, 2.05) is 25.1 Å². The molecule has 1 unspecified atom stereocenters. The van der Waals surface area contributed by atoms with Gasteiger partial charge in [0.1, 0.15) is 0 Å². The molecule has 0 fully saturated rings. The van der Waals surface area contributed by atoms with Crippen LogP contribution in [-0.4, -0.2) is 11.1 Å². The van der Waals surface area contributed by atoms with E-state index in [1.54, 1.807) is 6.07 Å². The number of anilines is 1. The van der Waals surface area contributed by atoms with Crippen LogP contribution in [0, 0.1) is 12.8 Å². The van der Waals surface area contributed by atoms with Crippen molar-refractivity contribution in [3.8, 4) is 0 Å². The van der Waals surface area contributed by atoms with Crippen molar-refractivity contribution in [3.63, 3.8) is 0 Å². The van der Waals surface area contributed by atoms with Crippen molar-refractivity contribution < 1.29 is 9.32 Å². The minimum Gasteiger partial charge on any atom is -0.338 e. The SMILES string of the molecule is Cc1cccc(C(=O)Nc2onc3c2CC(C)CC3)c1. The molecule has 0 saturated heterocycles. The molecule has 1 aliphatic rings. The van der Waals surface area contributed by atoms with Gasteiger partial charge in [0.25, 0.3) is 5.91 Å². The van der Waals surface area contributed by atoms with Crippen molar-refractivity contribution in [3.05, 3.63) is 46.6 Å². The number of aryl methyl sites for hydroxylation is 2. The summed E-state index contributed by atoms with van der Waals surface area (Å²) < 4.78 is 5.31. The van der Waals surface area contributed by atoms with Crippen LogP contribution in [0.1, 0.15) is 40.5 Å². The second-order valence-corrected chi connectivity index (χ2v) is 5.61. The van der Waals surface area contributed by atoms with E-state index in [9.17, 15) is 4.79 Å². The zero-order valence-corrected chi connectivity index (χ0v) is 11.8. The summed E-state index contributed by atoms with van der Waals surface area (Å²) in [5, 5.41) is 6.91. The Balaban J connectivity index is 1.82. The number of aromatic nitrogens is 1. The minimum absolute atomic E-state index is 0.147. The Bertz CT molecular complexity index is 646. The van der Waals surface area contributed by atoms with Crippen LogP contribution in [0.4, 0.5) is 5.88 Å². The van der Waals surface area contributed by atoms with E-state index in [0.717, 1.165) is 36.1 Å². The smallest absolute Gasteiger partial charge is 0.258 e. The third kappa shape index (κ3) is 2.46. The Morgan fingerprint density at radius 3 is 3.10 bits per heavy atom. The molecule has 20 heavy (non-hydrogen) atoms. The number of amides is 1. The predicted octanol–water partition coefficient (Wildman–Crippen LogP) is 3.36. The van der Waals surface area contributed by atoms with E-state index in [2.05, 4.69) is 17.4 Å². The van der Waals surface area contributed by atoms with Gasteiger partial charge >= 0.3 is 0 Å². The molecule has 3 rings (SSSR count). The standard InChI is InChI=1S/C16H18N2O2/c1-10-4-3-5-12(8-10)15(19)17-16-13-9-11(2)6-7-14(13)18-20-16/h3-5,8,11H,6-7,9H2,1-2H3,(H,17,19). The molecular weight excluding hydrogens is 252 g/mol. The van der Waals surface area contributed by atoms with E-state index < -0.39 is 0 Å². The van der Waals surface area contributed by atoms with Crippen molar-refractivity contribution in [2.45, 2.75) is 33.1 Å². The number of nitrogens with one attached hydrogen (secondary N) is 1. The quantitative estimate of drug-likeness (QED) is 0.910. The second kappa shape index (κ2) is 5.12. The summed E-state index contributed by atoms with van der Waals surface area (Å²) in [6, 6.07) is 7.51. The number of fused-ring (bicyclic) bond motifs is 1. The first kappa shape index (κ1) is 12.9. The third-order valence-electron chi connectivity index (χ3n) is 3.80. The lowest BCUT2D eigenvalue weighted by molar-refractivity contribution is 0.102. The van der Waals surface area contributed by atoms with Crippen molar-refractivity contribution in [1.82, 2.24) is 5.16 Å². The molecular formula is C16H18N2O2. The maximum Gasteiger partial charge on any atom is 0.258 e. The lowest BCUT2D eigenvalue weighted by atomic mass is 9.89. The molecule has 1 aliphatic carbocycles. The molecule has 1 N–H and O–H groups in total. The Kier molecular flexibility index (Phi) is 3.30. The number of carbonyl (C=O) groups excluding carboxylic acids is 1. The Morgan fingerprint density at radius 1 is 1.45 bits per heavy atom. The van der Waals surface area contributed by atoms with E-state index in [-0.39, 0.29) is 5.91 Å². The van der Waals surface area contributed by atoms with Crippen LogP contribution in [0.3, 0.4) is 0 Å². The van der Waals surface area contributed by atoms with Crippen LogP contribution in [0.25, 0.3) is 0 Å². The lowest BCUT2D eigenvalue weighted by Crippen LogP contribution is -2.15. The van der Waals surface area contributed by atoms with Gasteiger partial charge in [0, 0.05) is 11.1 Å². The molecule has 4 heteroatoms. The molecule has 0 saturated carbocycles. The third-order valence-corrected chi connectivity index (χ3v) is 3.80. The molecule has 104 valence electrons. The fourth-order valence-electron chi connectivity index (χ4n) is 2.64. The summed E-state index contributed by atoms with van der Waals surface area (Å²) in [4.78, 5) is 12.2. The zero-order valence-electron chi connectivity index (χ0n) is 11.8. The van der Waals surface area contributed by atoms with Gasteiger partial charge in [0.15, 0.2) is 0 Å². The van der Waals surface area contributed by atoms with Crippen LogP contribution in [0.5, 0.6) is 0 Å². The highest BCUT2D eigenvalue weighted by molar-refractivity contribution is 6.04. The van der Waals surface area contributed by atoms with Gasteiger partial charge in [-0.1, -0.05) is 29.8 Å². The molecule has 2 aromatic rings. The number of carbonyl (C=O) groups is 1. The van der Waals surface area contributed by atoms with Crippen molar-refractivity contribution in [1.29, 1.82) is 0 Å². The van der Waals surface area contributed by atoms with Gasteiger partial charge in [0.2, 0.25) is 5.88 Å². The largest absolute Gasteiger partial charge is 0.338 e. The monoisotopic (exact) mass is 270 g/mol. The number of hydrogen-bond acceptors (Lipinski definition) is 3. The molecule has 0 bridgehead atoms. The number of nitrogens with zero attached hydrogens (tertiary/aromatic N) is 1. The van der Waals surface area contributed by atoms with Gasteiger partial charge in [-0.2, -0.15) is 0 Å². The summed E-state index contributed by atoms with van der Waals surface area (Å²) in [6.45, 7) is 4.18. The van der Waals surface area contributed by atoms with E-state index in [0.29, 0.717) is 17.4 Å². The van der Waals surface area contributed by atoms with E-state index in [1.165, 1.54) is 0 Å². The summed E-state index contributed by atoms with van der Waals surface area (Å²) in [6.07, 6.45) is 2.98. The molecule has 1 aromatic carbocycles. The van der Waals surface area contributed by atoms with Gasteiger partial charge in [-0.05, 0) is 44.2 Å². The van der Waals surface area contributed by atoms with E-state index in [4.69, 9.17) is 4.52 Å². The average molecular weight is 270 g/mol. The van der Waals surface area contributed by atoms with Gasteiger partial charge < -0.3 is 4.52 Å². The number of hydrogen-bond donors (Lipinski definition) is 1. The minimum atomic E-state index is -0.147. The number of rotatable bonds is 2. The first-order chi connectivity index (χ1) is 9.63. The van der Waals surface area contributed by atoms with Gasteiger partial charge in [-0.15, -0.1) is 0 Å². The van der Waals surface area contributed by atoms with Gasteiger partial charge in [0.05, 0.1) is 5.69 Å². The van der Waals surface area contributed by atoms with Gasteiger partial charge in [-0.3, -0.25) is 10.1 Å². The Hall–Kier alpha value is -2.10. The van der Waals surface area contributed by atoms with Crippen LogP contribution in [0.2, 0.25) is 0 Å². The number of benzene rings is 1. The summed E-state index contributed by atoms with van der Waals surface area (Å²) in [7, 11) is 0. The molecule has 0 radical (unpaired) electrons. The Morgan fingerprint density at radius 2 is 2.30 bits per heavy atom. The first-order valence-corrected chi connectivity index (χ1v) is 6.99. The first-order valence-electron chi connectivity index (χ1n) is 6.99. The van der Waals surface area contributed by atoms with Crippen molar-refractivity contribution in [2.75, 3.05) is 5.32 Å². The highest BCUT2D eigenvalue weighted by atomic mass is 16.5. The van der Waals surface area contributed by atoms with Crippen LogP contribution in [-0.2, 0) is 12.8 Å². The highest BCUT2D eigenvalue weighted by Gasteiger charge is 2.24. The van der Waals surface area contributed by atoms with Crippen molar-refractivity contribution >= 4 is 11.8 Å².